The molecule has 0 fully saturated rings. The Bertz CT molecular complexity index is 550. The van der Waals surface area contributed by atoms with Gasteiger partial charge in [0.15, 0.2) is 0 Å². The first kappa shape index (κ1) is 19.2. The number of ether oxygens (including phenoxy) is 1. The van der Waals surface area contributed by atoms with E-state index in [1.165, 1.54) is 0 Å². The molecule has 2 rings (SSSR count). The number of carbonyl (C=O) groups excluding carboxylic acids is 1. The van der Waals surface area contributed by atoms with E-state index in [2.05, 4.69) is 22.0 Å². The second-order valence-electron chi connectivity index (χ2n) is 4.72. The molecule has 1 aliphatic rings. The Balaban J connectivity index is 0.00000220. The van der Waals surface area contributed by atoms with Crippen molar-refractivity contribution in [2.45, 2.75) is 13.3 Å². The zero-order valence-electron chi connectivity index (χ0n) is 12.4. The van der Waals surface area contributed by atoms with Crippen molar-refractivity contribution < 1.29 is 42.2 Å². The van der Waals surface area contributed by atoms with Gasteiger partial charge in [0.2, 0.25) is 5.91 Å². The molecule has 0 N–H and O–H groups in total. The van der Waals surface area contributed by atoms with Gasteiger partial charge in [0, 0.05) is 45.7 Å². The third kappa shape index (κ3) is 4.57. The minimum Gasteiger partial charge on any atom is -0.483 e. The largest absolute Gasteiger partial charge is 0.483 e. The summed E-state index contributed by atoms with van der Waals surface area (Å²) in [7, 11) is 1.80. The molecule has 111 valence electrons. The molecule has 1 radical (unpaired) electrons. The van der Waals surface area contributed by atoms with E-state index < -0.39 is 0 Å². The van der Waals surface area contributed by atoms with E-state index in [0.29, 0.717) is 12.4 Å². The van der Waals surface area contributed by atoms with Crippen LogP contribution < -0.4 is 4.74 Å². The molecule has 0 saturated heterocycles. The maximum atomic E-state index is 12.1. The molecule has 0 aromatic heterocycles. The molecule has 1 amide bonds. The molecule has 0 bridgehead atoms. The number of nitrogens with zero attached hydrogens (tertiary/aromatic N) is 1. The van der Waals surface area contributed by atoms with Gasteiger partial charge in [-0.1, -0.05) is 33.7 Å². The molecule has 0 saturated carbocycles. The molecule has 21 heavy (non-hydrogen) atoms. The molecule has 1 atom stereocenters. The summed E-state index contributed by atoms with van der Waals surface area (Å²) in [5.41, 5.74) is 1.79. The number of allylic oxidation sites excluding steroid dienone is 1. The minimum atomic E-state index is 0. The number of thioether (sulfide) groups is 1. The Morgan fingerprint density at radius 3 is 2.86 bits per heavy atom. The van der Waals surface area contributed by atoms with Crippen LogP contribution in [-0.2, 0) is 37.5 Å². The molecule has 3 nitrogen and oxygen atoms in total. The third-order valence-electron chi connectivity index (χ3n) is 3.20. The van der Waals surface area contributed by atoms with Gasteiger partial charge in [0.05, 0.1) is 0 Å². The van der Waals surface area contributed by atoms with Crippen molar-refractivity contribution in [1.29, 1.82) is 0 Å². The standard InChI is InChI=1S/C15H17BrNO2S.Y/c1-10-4-7-14(17(2)15(10)18)12-6-5-11(8-13(12)16)19-9-20-3;/h5-6,8,10H,4,9H2,1-3H3;/q-1;. The van der Waals surface area contributed by atoms with Crippen LogP contribution in [0.1, 0.15) is 18.9 Å². The number of halogens is 1. The Hall–Kier alpha value is 0.164. The summed E-state index contributed by atoms with van der Waals surface area (Å²) < 4.78 is 6.48. The Morgan fingerprint density at radius 2 is 2.24 bits per heavy atom. The van der Waals surface area contributed by atoms with Gasteiger partial charge in [-0.3, -0.25) is 4.79 Å². The van der Waals surface area contributed by atoms with E-state index in [9.17, 15) is 4.79 Å². The van der Waals surface area contributed by atoms with Crippen LogP contribution in [0, 0.1) is 12.0 Å². The molecule has 1 unspecified atom stereocenters. The topological polar surface area (TPSA) is 29.5 Å². The summed E-state index contributed by atoms with van der Waals surface area (Å²) in [6, 6.07) is 5.81. The van der Waals surface area contributed by atoms with Gasteiger partial charge in [0.1, 0.15) is 11.7 Å². The summed E-state index contributed by atoms with van der Waals surface area (Å²) in [6.07, 6.45) is 5.97. The second kappa shape index (κ2) is 8.71. The van der Waals surface area contributed by atoms with E-state index in [4.69, 9.17) is 4.74 Å². The third-order valence-corrected chi connectivity index (χ3v) is 4.21. The maximum Gasteiger partial charge on any atom is 0.225 e. The first-order chi connectivity index (χ1) is 9.54. The molecule has 1 aliphatic heterocycles. The number of hydrogen-bond acceptors (Lipinski definition) is 3. The quantitative estimate of drug-likeness (QED) is 0.523. The van der Waals surface area contributed by atoms with Crippen molar-refractivity contribution in [3.63, 3.8) is 0 Å². The fourth-order valence-electron chi connectivity index (χ4n) is 2.08. The average Bonchev–Trinajstić information content (AvgIpc) is 2.44. The number of rotatable bonds is 4. The van der Waals surface area contributed by atoms with Gasteiger partial charge in [-0.05, 0) is 18.4 Å². The zero-order chi connectivity index (χ0) is 14.7. The smallest absolute Gasteiger partial charge is 0.225 e. The molecule has 6 heteroatoms. The Morgan fingerprint density at radius 1 is 1.52 bits per heavy atom. The van der Waals surface area contributed by atoms with Gasteiger partial charge in [-0.2, -0.15) is 0 Å². The van der Waals surface area contributed by atoms with E-state index >= 15 is 0 Å². The monoisotopic (exact) mass is 443 g/mol. The molecule has 0 spiro atoms. The average molecular weight is 444 g/mol. The number of benzene rings is 1. The molecular weight excluding hydrogens is 427 g/mol. The Labute approximate surface area is 163 Å². The molecule has 1 aromatic rings. The molecule has 0 aliphatic carbocycles. The predicted octanol–water partition coefficient (Wildman–Crippen LogP) is 3.79. The van der Waals surface area contributed by atoms with E-state index in [0.717, 1.165) is 21.5 Å². The first-order valence-corrected chi connectivity index (χ1v) is 8.53. The van der Waals surface area contributed by atoms with Crippen LogP contribution in [-0.4, -0.2) is 30.0 Å². The normalized spacial score (nSPS) is 18.1. The van der Waals surface area contributed by atoms with Crippen molar-refractivity contribution >= 4 is 39.3 Å². The number of hydrogen-bond donors (Lipinski definition) is 0. The van der Waals surface area contributed by atoms with E-state index in [-0.39, 0.29) is 44.5 Å². The number of amides is 1. The van der Waals surface area contributed by atoms with Crippen molar-refractivity contribution in [1.82, 2.24) is 4.90 Å². The van der Waals surface area contributed by atoms with E-state index in [1.807, 2.05) is 31.4 Å². The first-order valence-electron chi connectivity index (χ1n) is 6.34. The van der Waals surface area contributed by atoms with Crippen LogP contribution in [0.15, 0.2) is 22.7 Å². The van der Waals surface area contributed by atoms with E-state index in [1.54, 1.807) is 23.7 Å². The minimum absolute atomic E-state index is 0. The number of carbonyl (C=O) groups is 1. The fourth-order valence-corrected chi connectivity index (χ4v) is 2.88. The zero-order valence-corrected chi connectivity index (χ0v) is 17.6. The fraction of sp³-hybridized carbons (Fsp3) is 0.400. The van der Waals surface area contributed by atoms with Crippen LogP contribution >= 0.6 is 27.7 Å². The SMILES string of the molecule is CSCOc1ccc(C2=[C-]CC(C)C(=O)N2C)c(Br)c1.[Y]. The van der Waals surface area contributed by atoms with Crippen LogP contribution in [0.5, 0.6) is 5.75 Å². The van der Waals surface area contributed by atoms with Crippen molar-refractivity contribution in [3.05, 3.63) is 34.3 Å². The van der Waals surface area contributed by atoms with Gasteiger partial charge >= 0.3 is 0 Å². The van der Waals surface area contributed by atoms with Gasteiger partial charge in [-0.15, -0.1) is 29.1 Å². The summed E-state index contributed by atoms with van der Waals surface area (Å²) >= 11 is 5.18. The van der Waals surface area contributed by atoms with Crippen molar-refractivity contribution in [2.75, 3.05) is 19.2 Å². The predicted molar refractivity (Wildman–Crippen MR) is 86.4 cm³/mol. The molecular formula is C15H17BrNO2SY-. The van der Waals surface area contributed by atoms with Crippen LogP contribution in [0.2, 0.25) is 0 Å². The van der Waals surface area contributed by atoms with Gasteiger partial charge in [0.25, 0.3) is 0 Å². The maximum absolute atomic E-state index is 12.1. The summed E-state index contributed by atoms with van der Waals surface area (Å²) in [6.45, 7) is 1.93. The van der Waals surface area contributed by atoms with Gasteiger partial charge in [-0.25, -0.2) is 6.08 Å². The Kier molecular flexibility index (Phi) is 7.96. The summed E-state index contributed by atoms with van der Waals surface area (Å²) in [5, 5.41) is 0. The van der Waals surface area contributed by atoms with Crippen LogP contribution in [0.25, 0.3) is 5.70 Å². The second-order valence-corrected chi connectivity index (χ2v) is 6.39. The van der Waals surface area contributed by atoms with Gasteiger partial charge < -0.3 is 9.64 Å². The summed E-state index contributed by atoms with van der Waals surface area (Å²) in [4.78, 5) is 13.7. The van der Waals surface area contributed by atoms with Crippen LogP contribution in [0.3, 0.4) is 0 Å². The van der Waals surface area contributed by atoms with Crippen molar-refractivity contribution in [3.8, 4) is 5.75 Å². The summed E-state index contributed by atoms with van der Waals surface area (Å²) in [5.74, 6) is 1.57. The van der Waals surface area contributed by atoms with Crippen molar-refractivity contribution in [2.24, 2.45) is 5.92 Å². The van der Waals surface area contributed by atoms with Crippen LogP contribution in [0.4, 0.5) is 0 Å². The molecule has 1 heterocycles. The molecule has 1 aromatic carbocycles.